The van der Waals surface area contributed by atoms with Gasteiger partial charge in [-0.15, -0.1) is 6.42 Å². The van der Waals surface area contributed by atoms with Crippen LogP contribution in [0.5, 0.6) is 5.75 Å². The van der Waals surface area contributed by atoms with Gasteiger partial charge in [0, 0.05) is 0 Å². The number of terminal acetylenes is 1. The molecule has 0 spiro atoms. The molecule has 1 unspecified atom stereocenters. The highest BCUT2D eigenvalue weighted by Gasteiger charge is 2.25. The van der Waals surface area contributed by atoms with Gasteiger partial charge in [-0.2, -0.15) is 5.26 Å². The molecule has 0 saturated heterocycles. The van der Waals surface area contributed by atoms with Crippen molar-refractivity contribution in [2.75, 3.05) is 13.2 Å². The first kappa shape index (κ1) is 20.9. The van der Waals surface area contributed by atoms with E-state index in [9.17, 15) is 9.59 Å². The van der Waals surface area contributed by atoms with Crippen LogP contribution in [0.1, 0.15) is 26.3 Å². The topological polar surface area (TPSA) is 100 Å². The van der Waals surface area contributed by atoms with Crippen LogP contribution in [0.25, 0.3) is 0 Å². The molecule has 2 amide bonds. The lowest BCUT2D eigenvalue weighted by molar-refractivity contribution is -0.124. The third-order valence-electron chi connectivity index (χ3n) is 3.38. The fourth-order valence-electron chi connectivity index (χ4n) is 2.03. The maximum Gasteiger partial charge on any atom is 0.408 e. The molecule has 1 aromatic carbocycles. The Labute approximate surface area is 153 Å². The van der Waals surface area contributed by atoms with E-state index in [1.807, 2.05) is 19.9 Å². The second-order valence-electron chi connectivity index (χ2n) is 6.00. The normalized spacial score (nSPS) is 12.2. The smallest absolute Gasteiger partial charge is 0.408 e. The number of rotatable bonds is 8. The van der Waals surface area contributed by atoms with Gasteiger partial charge in [0.25, 0.3) is 0 Å². The Morgan fingerprint density at radius 3 is 2.38 bits per heavy atom. The third kappa shape index (κ3) is 7.14. The molecule has 0 fully saturated rings. The average molecular weight is 357 g/mol. The van der Waals surface area contributed by atoms with Gasteiger partial charge < -0.3 is 20.1 Å². The molecule has 7 heteroatoms. The monoisotopic (exact) mass is 357 g/mol. The number of amides is 2. The zero-order valence-corrected chi connectivity index (χ0v) is 15.1. The number of alkyl carbamates (subject to hydrolysis) is 1. The summed E-state index contributed by atoms with van der Waals surface area (Å²) in [5.74, 6) is 2.30. The van der Waals surface area contributed by atoms with Crippen LogP contribution >= 0.6 is 0 Å². The highest BCUT2D eigenvalue weighted by molar-refractivity contribution is 5.86. The molecule has 7 nitrogen and oxygen atoms in total. The standard InChI is InChI=1S/C19H23N3O4/c1-5-10-25-19(24)22-17(13(2)3)18(23)21-14(4)12-26-16-8-6-15(11-20)7-9-16/h1,6-9,13-14,17H,10,12H2,2-4H3,(H,21,23)(H,22,24)/t14?,17-/m0/s1. The van der Waals surface area contributed by atoms with E-state index in [-0.39, 0.29) is 31.1 Å². The van der Waals surface area contributed by atoms with Gasteiger partial charge in [-0.3, -0.25) is 4.79 Å². The molecule has 0 saturated carbocycles. The SMILES string of the molecule is C#CCOC(=O)N[C@H](C(=O)NC(C)COc1ccc(C#N)cc1)C(C)C. The average Bonchev–Trinajstić information content (AvgIpc) is 2.62. The minimum atomic E-state index is -0.752. The van der Waals surface area contributed by atoms with E-state index in [2.05, 4.69) is 16.6 Å². The van der Waals surface area contributed by atoms with Gasteiger partial charge in [0.15, 0.2) is 6.61 Å². The predicted octanol–water partition coefficient (Wildman–Crippen LogP) is 1.83. The molecular formula is C19H23N3O4. The molecule has 26 heavy (non-hydrogen) atoms. The van der Waals surface area contributed by atoms with E-state index in [0.717, 1.165) is 0 Å². The molecule has 138 valence electrons. The van der Waals surface area contributed by atoms with Gasteiger partial charge in [0.1, 0.15) is 18.4 Å². The Hall–Kier alpha value is -3.19. The highest BCUT2D eigenvalue weighted by atomic mass is 16.5. The highest BCUT2D eigenvalue weighted by Crippen LogP contribution is 2.12. The van der Waals surface area contributed by atoms with Crippen molar-refractivity contribution >= 4 is 12.0 Å². The summed E-state index contributed by atoms with van der Waals surface area (Å²) in [5, 5.41) is 14.1. The quantitative estimate of drug-likeness (QED) is 0.691. The minimum Gasteiger partial charge on any atom is -0.491 e. The first-order valence-corrected chi connectivity index (χ1v) is 8.17. The largest absolute Gasteiger partial charge is 0.491 e. The number of hydrogen-bond donors (Lipinski definition) is 2. The van der Waals surface area contributed by atoms with Crippen molar-refractivity contribution in [3.63, 3.8) is 0 Å². The van der Waals surface area contributed by atoms with Gasteiger partial charge in [0.2, 0.25) is 5.91 Å². The number of nitrogens with zero attached hydrogens (tertiary/aromatic N) is 1. The van der Waals surface area contributed by atoms with Gasteiger partial charge in [-0.1, -0.05) is 19.8 Å². The Balaban J connectivity index is 2.52. The number of nitrogens with one attached hydrogen (secondary N) is 2. The predicted molar refractivity (Wildman–Crippen MR) is 96.2 cm³/mol. The molecule has 2 N–H and O–H groups in total. The van der Waals surface area contributed by atoms with Crippen molar-refractivity contribution in [3.05, 3.63) is 29.8 Å². The fourth-order valence-corrected chi connectivity index (χ4v) is 2.03. The van der Waals surface area contributed by atoms with E-state index in [4.69, 9.17) is 21.2 Å². The molecule has 0 aromatic heterocycles. The van der Waals surface area contributed by atoms with E-state index in [0.29, 0.717) is 11.3 Å². The van der Waals surface area contributed by atoms with Gasteiger partial charge in [0.05, 0.1) is 17.7 Å². The first-order chi connectivity index (χ1) is 12.4. The number of ether oxygens (including phenoxy) is 2. The Morgan fingerprint density at radius 2 is 1.85 bits per heavy atom. The lowest BCUT2D eigenvalue weighted by Crippen LogP contribution is -2.52. The zero-order valence-electron chi connectivity index (χ0n) is 15.1. The van der Waals surface area contributed by atoms with Crippen molar-refractivity contribution in [2.45, 2.75) is 32.9 Å². The molecule has 1 rings (SSSR count). The van der Waals surface area contributed by atoms with Crippen molar-refractivity contribution in [2.24, 2.45) is 5.92 Å². The van der Waals surface area contributed by atoms with Crippen LogP contribution in [0.4, 0.5) is 4.79 Å². The van der Waals surface area contributed by atoms with Gasteiger partial charge in [-0.25, -0.2) is 4.79 Å². The molecule has 0 aliphatic heterocycles. The van der Waals surface area contributed by atoms with Crippen molar-refractivity contribution in [1.82, 2.24) is 10.6 Å². The van der Waals surface area contributed by atoms with Crippen LogP contribution < -0.4 is 15.4 Å². The summed E-state index contributed by atoms with van der Waals surface area (Å²) in [6.07, 6.45) is 4.29. The van der Waals surface area contributed by atoms with Gasteiger partial charge >= 0.3 is 6.09 Å². The Bertz CT molecular complexity index is 686. The van der Waals surface area contributed by atoms with Crippen LogP contribution in [-0.2, 0) is 9.53 Å². The lowest BCUT2D eigenvalue weighted by atomic mass is 10.0. The summed E-state index contributed by atoms with van der Waals surface area (Å²) < 4.78 is 10.3. The fraction of sp³-hybridized carbons (Fsp3) is 0.421. The van der Waals surface area contributed by atoms with Crippen LogP contribution in [0, 0.1) is 29.6 Å². The second kappa shape index (κ2) is 10.6. The molecular weight excluding hydrogens is 334 g/mol. The number of hydrogen-bond acceptors (Lipinski definition) is 5. The van der Waals surface area contributed by atoms with E-state index >= 15 is 0 Å². The van der Waals surface area contributed by atoms with Crippen LogP contribution in [0.2, 0.25) is 0 Å². The van der Waals surface area contributed by atoms with Crippen LogP contribution in [0.15, 0.2) is 24.3 Å². The molecule has 2 atom stereocenters. The maximum absolute atomic E-state index is 12.4. The number of benzene rings is 1. The zero-order chi connectivity index (χ0) is 19.5. The van der Waals surface area contributed by atoms with E-state index in [1.54, 1.807) is 31.2 Å². The Kier molecular flexibility index (Phi) is 8.52. The summed E-state index contributed by atoms with van der Waals surface area (Å²) in [5.41, 5.74) is 0.543. The molecule has 0 bridgehead atoms. The second-order valence-corrected chi connectivity index (χ2v) is 6.00. The third-order valence-corrected chi connectivity index (χ3v) is 3.38. The van der Waals surface area contributed by atoms with Gasteiger partial charge in [-0.05, 0) is 37.1 Å². The minimum absolute atomic E-state index is 0.139. The van der Waals surface area contributed by atoms with Crippen molar-refractivity contribution in [3.8, 4) is 24.2 Å². The number of carbonyl (C=O) groups is 2. The van der Waals surface area contributed by atoms with Crippen LogP contribution in [0.3, 0.4) is 0 Å². The summed E-state index contributed by atoms with van der Waals surface area (Å²) in [6.45, 7) is 5.49. The summed E-state index contributed by atoms with van der Waals surface area (Å²) in [7, 11) is 0. The maximum atomic E-state index is 12.4. The lowest BCUT2D eigenvalue weighted by Gasteiger charge is -2.23. The van der Waals surface area contributed by atoms with E-state index < -0.39 is 12.1 Å². The van der Waals surface area contributed by atoms with Crippen molar-refractivity contribution in [1.29, 1.82) is 5.26 Å². The molecule has 0 heterocycles. The summed E-state index contributed by atoms with van der Waals surface area (Å²) >= 11 is 0. The summed E-state index contributed by atoms with van der Waals surface area (Å²) in [6, 6.07) is 7.67. The van der Waals surface area contributed by atoms with E-state index in [1.165, 1.54) is 0 Å². The Morgan fingerprint density at radius 1 is 1.19 bits per heavy atom. The molecule has 1 aromatic rings. The molecule has 0 radical (unpaired) electrons. The van der Waals surface area contributed by atoms with Crippen LogP contribution in [-0.4, -0.2) is 37.3 Å². The molecule has 0 aliphatic carbocycles. The number of carbonyl (C=O) groups excluding carboxylic acids is 2. The first-order valence-electron chi connectivity index (χ1n) is 8.17. The summed E-state index contributed by atoms with van der Waals surface area (Å²) in [4.78, 5) is 24.0. The molecule has 0 aliphatic rings. The number of nitriles is 1. The van der Waals surface area contributed by atoms with Crippen molar-refractivity contribution < 1.29 is 19.1 Å².